The predicted molar refractivity (Wildman–Crippen MR) is 92.4 cm³/mol. The van der Waals surface area contributed by atoms with Crippen molar-refractivity contribution in [3.05, 3.63) is 35.4 Å². The summed E-state index contributed by atoms with van der Waals surface area (Å²) in [6.07, 6.45) is 3.50. The third-order valence-corrected chi connectivity index (χ3v) is 5.93. The molecule has 0 radical (unpaired) electrons. The average molecular weight is 355 g/mol. The van der Waals surface area contributed by atoms with E-state index < -0.39 is 11.6 Å². The number of hydrogen-bond donors (Lipinski definition) is 1. The maximum absolute atomic E-state index is 12.9. The summed E-state index contributed by atoms with van der Waals surface area (Å²) in [5.74, 6) is -0.903. The molecule has 2 atom stereocenters. The summed E-state index contributed by atoms with van der Waals surface area (Å²) in [6, 6.07) is 6.21. The molecule has 7 heteroatoms. The Hall–Kier alpha value is -2.70. The summed E-state index contributed by atoms with van der Waals surface area (Å²) in [4.78, 5) is 52.5. The SMILES string of the molecule is C[C@H]1CCCC[C@@]12NC(=O)N(CCN1C(=O)c3ccccc3C1=O)C2=O. The van der Waals surface area contributed by atoms with Gasteiger partial charge in [0.25, 0.3) is 17.7 Å². The zero-order valence-electron chi connectivity index (χ0n) is 14.7. The van der Waals surface area contributed by atoms with Crippen LogP contribution in [-0.4, -0.2) is 52.2 Å². The quantitative estimate of drug-likeness (QED) is 0.661. The summed E-state index contributed by atoms with van der Waals surface area (Å²) >= 11 is 0. The lowest BCUT2D eigenvalue weighted by Crippen LogP contribution is -2.54. The van der Waals surface area contributed by atoms with E-state index in [1.165, 1.54) is 0 Å². The molecule has 1 spiro atoms. The number of nitrogens with one attached hydrogen (secondary N) is 1. The van der Waals surface area contributed by atoms with Crippen molar-refractivity contribution in [2.45, 2.75) is 38.1 Å². The lowest BCUT2D eigenvalue weighted by atomic mass is 9.73. The highest BCUT2D eigenvalue weighted by Gasteiger charge is 2.54. The predicted octanol–water partition coefficient (Wildman–Crippen LogP) is 1.78. The summed E-state index contributed by atoms with van der Waals surface area (Å²) in [5, 5.41) is 2.88. The van der Waals surface area contributed by atoms with Gasteiger partial charge in [-0.3, -0.25) is 24.2 Å². The second kappa shape index (κ2) is 5.93. The van der Waals surface area contributed by atoms with Gasteiger partial charge in [-0.1, -0.05) is 31.9 Å². The molecule has 26 heavy (non-hydrogen) atoms. The molecule has 2 aliphatic heterocycles. The van der Waals surface area contributed by atoms with Gasteiger partial charge in [0.1, 0.15) is 5.54 Å². The Morgan fingerprint density at radius 1 is 1.00 bits per heavy atom. The summed E-state index contributed by atoms with van der Waals surface area (Å²) in [6.45, 7) is 2.02. The van der Waals surface area contributed by atoms with Crippen molar-refractivity contribution >= 4 is 23.8 Å². The fourth-order valence-electron chi connectivity index (χ4n) is 4.34. The van der Waals surface area contributed by atoms with E-state index in [9.17, 15) is 19.2 Å². The molecule has 1 saturated heterocycles. The molecule has 1 aromatic rings. The average Bonchev–Trinajstić information content (AvgIpc) is 3.02. The Balaban J connectivity index is 1.49. The van der Waals surface area contributed by atoms with Gasteiger partial charge in [0.2, 0.25) is 0 Å². The highest BCUT2D eigenvalue weighted by molar-refractivity contribution is 6.21. The second-order valence-electron chi connectivity index (χ2n) is 7.31. The smallest absolute Gasteiger partial charge is 0.323 e. The van der Waals surface area contributed by atoms with Crippen LogP contribution in [0.25, 0.3) is 0 Å². The molecule has 0 aromatic heterocycles. The number of carbonyl (C=O) groups is 4. The molecule has 5 amide bonds. The maximum atomic E-state index is 12.9. The van der Waals surface area contributed by atoms with Crippen LogP contribution in [0.4, 0.5) is 4.79 Å². The zero-order valence-corrected chi connectivity index (χ0v) is 14.7. The lowest BCUT2D eigenvalue weighted by Gasteiger charge is -2.36. The number of fused-ring (bicyclic) bond motifs is 1. The highest BCUT2D eigenvalue weighted by atomic mass is 16.2. The minimum absolute atomic E-state index is 0.00989. The van der Waals surface area contributed by atoms with E-state index in [1.807, 2.05) is 6.92 Å². The van der Waals surface area contributed by atoms with Crippen LogP contribution in [0.5, 0.6) is 0 Å². The first-order valence-corrected chi connectivity index (χ1v) is 9.05. The number of carbonyl (C=O) groups excluding carboxylic acids is 4. The van der Waals surface area contributed by atoms with E-state index in [0.717, 1.165) is 29.1 Å². The second-order valence-corrected chi connectivity index (χ2v) is 7.31. The highest BCUT2D eigenvalue weighted by Crippen LogP contribution is 2.38. The Bertz CT molecular complexity index is 786. The number of nitrogens with zero attached hydrogens (tertiary/aromatic N) is 2. The van der Waals surface area contributed by atoms with Crippen LogP contribution >= 0.6 is 0 Å². The van der Waals surface area contributed by atoms with E-state index in [2.05, 4.69) is 5.32 Å². The minimum Gasteiger partial charge on any atom is -0.323 e. The van der Waals surface area contributed by atoms with Crippen molar-refractivity contribution in [2.24, 2.45) is 5.92 Å². The number of benzene rings is 1. The van der Waals surface area contributed by atoms with Crippen molar-refractivity contribution in [3.63, 3.8) is 0 Å². The molecular formula is C19H21N3O4. The minimum atomic E-state index is -0.822. The van der Waals surface area contributed by atoms with Gasteiger partial charge in [-0.2, -0.15) is 0 Å². The number of urea groups is 1. The van der Waals surface area contributed by atoms with Gasteiger partial charge >= 0.3 is 6.03 Å². The Morgan fingerprint density at radius 2 is 1.62 bits per heavy atom. The van der Waals surface area contributed by atoms with Gasteiger partial charge in [-0.05, 0) is 30.9 Å². The Labute approximate surface area is 151 Å². The normalized spacial score (nSPS) is 28.1. The van der Waals surface area contributed by atoms with E-state index in [0.29, 0.717) is 17.5 Å². The fourth-order valence-corrected chi connectivity index (χ4v) is 4.34. The van der Waals surface area contributed by atoms with Gasteiger partial charge in [-0.15, -0.1) is 0 Å². The van der Waals surface area contributed by atoms with Gasteiger partial charge in [0.15, 0.2) is 0 Å². The number of imide groups is 2. The first-order valence-electron chi connectivity index (χ1n) is 9.05. The first-order chi connectivity index (χ1) is 12.5. The molecule has 0 bridgehead atoms. The standard InChI is InChI=1S/C19H21N3O4/c1-12-6-4-5-9-19(12)17(25)22(18(26)20-19)11-10-21-15(23)13-7-2-3-8-14(13)16(21)24/h2-3,7-8,12H,4-6,9-11H2,1H3,(H,20,26)/t12-,19+/m0/s1. The van der Waals surface area contributed by atoms with Crippen LogP contribution in [0, 0.1) is 5.92 Å². The maximum Gasteiger partial charge on any atom is 0.325 e. The van der Waals surface area contributed by atoms with Crippen LogP contribution in [0.2, 0.25) is 0 Å². The molecule has 1 aromatic carbocycles. The molecule has 7 nitrogen and oxygen atoms in total. The van der Waals surface area contributed by atoms with Gasteiger partial charge in [0, 0.05) is 13.1 Å². The summed E-state index contributed by atoms with van der Waals surface area (Å²) in [7, 11) is 0. The van der Waals surface area contributed by atoms with Crippen molar-refractivity contribution in [3.8, 4) is 0 Å². The molecule has 1 saturated carbocycles. The monoisotopic (exact) mass is 355 g/mol. The Kier molecular flexibility index (Phi) is 3.82. The van der Waals surface area contributed by atoms with E-state index in [-0.39, 0.29) is 36.7 Å². The number of rotatable bonds is 3. The van der Waals surface area contributed by atoms with Gasteiger partial charge in [-0.25, -0.2) is 4.79 Å². The van der Waals surface area contributed by atoms with Crippen LogP contribution < -0.4 is 5.32 Å². The molecular weight excluding hydrogens is 334 g/mol. The lowest BCUT2D eigenvalue weighted by molar-refractivity contribution is -0.134. The molecule has 1 N–H and O–H groups in total. The van der Waals surface area contributed by atoms with Crippen molar-refractivity contribution in [1.82, 2.24) is 15.1 Å². The van der Waals surface area contributed by atoms with Crippen LogP contribution in [0.15, 0.2) is 24.3 Å². The largest absolute Gasteiger partial charge is 0.325 e. The van der Waals surface area contributed by atoms with E-state index in [1.54, 1.807) is 24.3 Å². The van der Waals surface area contributed by atoms with Crippen molar-refractivity contribution in [2.75, 3.05) is 13.1 Å². The topological polar surface area (TPSA) is 86.8 Å². The zero-order chi connectivity index (χ0) is 18.5. The van der Waals surface area contributed by atoms with E-state index >= 15 is 0 Å². The molecule has 0 unspecified atom stereocenters. The van der Waals surface area contributed by atoms with Crippen LogP contribution in [0.1, 0.15) is 53.3 Å². The molecule has 2 fully saturated rings. The third kappa shape index (κ3) is 2.26. The molecule has 4 rings (SSSR count). The van der Waals surface area contributed by atoms with E-state index in [4.69, 9.17) is 0 Å². The number of amides is 5. The van der Waals surface area contributed by atoms with Gasteiger partial charge in [0.05, 0.1) is 11.1 Å². The summed E-state index contributed by atoms with van der Waals surface area (Å²) < 4.78 is 0. The molecule has 2 heterocycles. The molecule has 1 aliphatic carbocycles. The first kappa shape index (κ1) is 16.8. The Morgan fingerprint density at radius 3 is 2.23 bits per heavy atom. The van der Waals surface area contributed by atoms with Crippen LogP contribution in [-0.2, 0) is 4.79 Å². The van der Waals surface area contributed by atoms with Crippen molar-refractivity contribution < 1.29 is 19.2 Å². The van der Waals surface area contributed by atoms with Crippen LogP contribution in [0.3, 0.4) is 0 Å². The molecule has 136 valence electrons. The fraction of sp³-hybridized carbons (Fsp3) is 0.474. The third-order valence-electron chi connectivity index (χ3n) is 5.93. The molecule has 3 aliphatic rings. The number of hydrogen-bond acceptors (Lipinski definition) is 4. The van der Waals surface area contributed by atoms with Crippen molar-refractivity contribution in [1.29, 1.82) is 0 Å². The van der Waals surface area contributed by atoms with Gasteiger partial charge < -0.3 is 5.32 Å². The summed E-state index contributed by atoms with van der Waals surface area (Å²) in [5.41, 5.74) is -0.0868.